The first-order valence-corrected chi connectivity index (χ1v) is 22.7. The molecule has 0 radical (unpaired) electrons. The average molecular weight is 743 g/mol. The van der Waals surface area contributed by atoms with E-state index in [1.54, 1.807) is 0 Å². The summed E-state index contributed by atoms with van der Waals surface area (Å²) in [6, 6.07) is 0. The van der Waals surface area contributed by atoms with Crippen LogP contribution in [0.5, 0.6) is 0 Å². The lowest BCUT2D eigenvalue weighted by Crippen LogP contribution is -2.43. The number of rotatable bonds is 17. The summed E-state index contributed by atoms with van der Waals surface area (Å²) in [6.45, 7) is 39.1. The van der Waals surface area contributed by atoms with Crippen molar-refractivity contribution in [3.8, 4) is 0 Å². The zero-order valence-corrected chi connectivity index (χ0v) is 39.2. The lowest BCUT2D eigenvalue weighted by atomic mass is 9.86. The van der Waals surface area contributed by atoms with Crippen molar-refractivity contribution in [2.75, 3.05) is 13.2 Å². The quantitative estimate of drug-likeness (QED) is 0.156. The smallest absolute Gasteiger partial charge is 0.0841 e. The molecule has 2 saturated carbocycles. The fourth-order valence-corrected chi connectivity index (χ4v) is 7.25. The van der Waals surface area contributed by atoms with Crippen molar-refractivity contribution in [2.24, 2.45) is 47.3 Å². The van der Waals surface area contributed by atoms with Crippen LogP contribution in [-0.2, 0) is 9.47 Å². The molecule has 2 aliphatic rings. The molecule has 0 spiro atoms. The summed E-state index contributed by atoms with van der Waals surface area (Å²) >= 11 is 0. The van der Waals surface area contributed by atoms with Gasteiger partial charge in [-0.2, -0.15) is 0 Å². The number of ether oxygens (including phenoxy) is 2. The molecule has 4 heteroatoms. The maximum absolute atomic E-state index is 9.57. The minimum atomic E-state index is -0.305. The van der Waals surface area contributed by atoms with E-state index in [1.165, 1.54) is 103 Å². The molecule has 0 bridgehead atoms. The fourth-order valence-electron chi connectivity index (χ4n) is 7.25. The highest BCUT2D eigenvalue weighted by molar-refractivity contribution is 4.81. The van der Waals surface area contributed by atoms with Crippen LogP contribution >= 0.6 is 0 Å². The van der Waals surface area contributed by atoms with Gasteiger partial charge in [-0.05, 0) is 88.9 Å². The minimum Gasteiger partial charge on any atom is -0.394 e. The Morgan fingerprint density at radius 1 is 0.481 bits per heavy atom. The first kappa shape index (κ1) is 56.2. The molecule has 0 amide bonds. The molecule has 0 heterocycles. The zero-order chi connectivity index (χ0) is 40.9. The van der Waals surface area contributed by atoms with E-state index in [0.29, 0.717) is 0 Å². The van der Waals surface area contributed by atoms with Gasteiger partial charge in [0.2, 0.25) is 0 Å². The summed E-state index contributed by atoms with van der Waals surface area (Å²) in [4.78, 5) is 0. The summed E-state index contributed by atoms with van der Waals surface area (Å²) in [5.74, 6) is 6.15. The van der Waals surface area contributed by atoms with Crippen molar-refractivity contribution >= 4 is 0 Å². The Kier molecular flexibility index (Phi) is 35.7. The van der Waals surface area contributed by atoms with Crippen LogP contribution in [-0.4, -0.2) is 46.8 Å². The number of hydrogen-bond acceptors (Lipinski definition) is 4. The molecule has 0 saturated heterocycles. The van der Waals surface area contributed by atoms with Crippen molar-refractivity contribution in [1.82, 2.24) is 0 Å². The molecule has 2 rings (SSSR count). The minimum absolute atomic E-state index is 0.0313. The van der Waals surface area contributed by atoms with Gasteiger partial charge < -0.3 is 19.7 Å². The van der Waals surface area contributed by atoms with E-state index in [4.69, 9.17) is 9.47 Å². The largest absolute Gasteiger partial charge is 0.394 e. The second-order valence-electron chi connectivity index (χ2n) is 19.5. The third kappa shape index (κ3) is 33.2. The molecule has 0 aromatic carbocycles. The van der Waals surface area contributed by atoms with Gasteiger partial charge in [0, 0.05) is 0 Å². The predicted molar refractivity (Wildman–Crippen MR) is 233 cm³/mol. The van der Waals surface area contributed by atoms with Crippen LogP contribution in [0.1, 0.15) is 227 Å². The standard InChI is InChI=1S/C16H34O4.2C9H20.2C7H14/c1-11(13(9-17)19-15(3,4)5)12(2)14(10-18)20-16(6,7)8;2*1-4-6-8-9(3)7-5-2;2*1-6-4-3-5-7(6)2/h11-14,17-18H,9-10H2,1-8H3;2*9H,4-8H2,1-3H3;2*6-7H,3-5H2,1-2H3. The zero-order valence-electron chi connectivity index (χ0n) is 39.2. The second kappa shape index (κ2) is 33.0. The van der Waals surface area contributed by atoms with Crippen LogP contribution in [0.2, 0.25) is 0 Å². The van der Waals surface area contributed by atoms with E-state index in [2.05, 4.69) is 69.2 Å². The maximum atomic E-state index is 9.57. The molecule has 318 valence electrons. The van der Waals surface area contributed by atoms with Gasteiger partial charge in [-0.1, -0.05) is 186 Å². The fraction of sp³-hybridized carbons (Fsp3) is 1.00. The van der Waals surface area contributed by atoms with Gasteiger partial charge in [0.25, 0.3) is 0 Å². The lowest BCUT2D eigenvalue weighted by Gasteiger charge is -2.38. The summed E-state index contributed by atoms with van der Waals surface area (Å²) < 4.78 is 11.8. The molecule has 0 aliphatic heterocycles. The van der Waals surface area contributed by atoms with Crippen molar-refractivity contribution in [2.45, 2.75) is 251 Å². The van der Waals surface area contributed by atoms with Gasteiger partial charge in [0.15, 0.2) is 0 Å². The highest BCUT2D eigenvalue weighted by Gasteiger charge is 2.33. The third-order valence-electron chi connectivity index (χ3n) is 11.6. The van der Waals surface area contributed by atoms with Crippen LogP contribution in [0.4, 0.5) is 0 Å². The number of aliphatic hydroxyl groups excluding tert-OH is 2. The van der Waals surface area contributed by atoms with E-state index in [-0.39, 0.29) is 48.5 Å². The summed E-state index contributed by atoms with van der Waals surface area (Å²) in [5, 5.41) is 19.1. The van der Waals surface area contributed by atoms with Gasteiger partial charge in [-0.25, -0.2) is 0 Å². The van der Waals surface area contributed by atoms with Crippen LogP contribution < -0.4 is 0 Å². The van der Waals surface area contributed by atoms with Crippen molar-refractivity contribution in [3.63, 3.8) is 0 Å². The van der Waals surface area contributed by atoms with Gasteiger partial charge in [0.1, 0.15) is 0 Å². The van der Waals surface area contributed by atoms with Crippen LogP contribution in [0.3, 0.4) is 0 Å². The Hall–Kier alpha value is -0.160. The van der Waals surface area contributed by atoms with Crippen molar-refractivity contribution in [1.29, 1.82) is 0 Å². The third-order valence-corrected chi connectivity index (χ3v) is 11.6. The molecule has 2 N–H and O–H groups in total. The molecule has 2 aliphatic carbocycles. The highest BCUT2D eigenvalue weighted by atomic mass is 16.5. The summed E-state index contributed by atoms with van der Waals surface area (Å²) in [6.07, 6.45) is 22.3. The summed E-state index contributed by atoms with van der Waals surface area (Å²) in [7, 11) is 0. The van der Waals surface area contributed by atoms with E-state index in [1.807, 2.05) is 55.4 Å². The molecular formula is C48H102O4. The van der Waals surface area contributed by atoms with Crippen molar-refractivity contribution in [3.05, 3.63) is 0 Å². The van der Waals surface area contributed by atoms with Gasteiger partial charge in [0.05, 0.1) is 36.6 Å². The molecule has 52 heavy (non-hydrogen) atoms. The van der Waals surface area contributed by atoms with Crippen LogP contribution in [0.25, 0.3) is 0 Å². The second-order valence-corrected chi connectivity index (χ2v) is 19.5. The van der Waals surface area contributed by atoms with Gasteiger partial charge >= 0.3 is 0 Å². The van der Waals surface area contributed by atoms with Crippen LogP contribution in [0, 0.1) is 47.3 Å². The lowest BCUT2D eigenvalue weighted by molar-refractivity contribution is -0.147. The Morgan fingerprint density at radius 2 is 0.750 bits per heavy atom. The highest BCUT2D eigenvalue weighted by Crippen LogP contribution is 2.31. The average Bonchev–Trinajstić information content (AvgIpc) is 3.64. The molecule has 0 aromatic rings. The number of aliphatic hydroxyl groups is 2. The predicted octanol–water partition coefficient (Wildman–Crippen LogP) is 14.7. The number of hydrogen-bond donors (Lipinski definition) is 2. The monoisotopic (exact) mass is 743 g/mol. The van der Waals surface area contributed by atoms with Crippen LogP contribution in [0.15, 0.2) is 0 Å². The first-order chi connectivity index (χ1) is 24.1. The molecule has 10 unspecified atom stereocenters. The molecule has 10 atom stereocenters. The Bertz CT molecular complexity index is 662. The summed E-state index contributed by atoms with van der Waals surface area (Å²) in [5.41, 5.74) is -0.609. The topological polar surface area (TPSA) is 58.9 Å². The van der Waals surface area contributed by atoms with E-state index in [0.717, 1.165) is 35.5 Å². The SMILES string of the molecule is CC(C(CO)OC(C)(C)C)C(C)C(CO)OC(C)(C)C.CC1CCCC1C.CC1CCCC1C.CCCCC(C)CCC.CCCCC(C)CCC. The van der Waals surface area contributed by atoms with E-state index in [9.17, 15) is 10.2 Å². The first-order valence-electron chi connectivity index (χ1n) is 22.7. The molecular weight excluding hydrogens is 641 g/mol. The van der Waals surface area contributed by atoms with Crippen molar-refractivity contribution < 1.29 is 19.7 Å². The van der Waals surface area contributed by atoms with Gasteiger partial charge in [-0.3, -0.25) is 0 Å². The molecule has 4 nitrogen and oxygen atoms in total. The van der Waals surface area contributed by atoms with E-state index >= 15 is 0 Å². The van der Waals surface area contributed by atoms with Gasteiger partial charge in [-0.15, -0.1) is 0 Å². The molecule has 0 aromatic heterocycles. The maximum Gasteiger partial charge on any atom is 0.0841 e. The normalized spacial score (nSPS) is 23.5. The van der Waals surface area contributed by atoms with E-state index < -0.39 is 0 Å². The Labute approximate surface area is 330 Å². The Balaban J connectivity index is -0.000000626. The Morgan fingerprint density at radius 3 is 0.904 bits per heavy atom. The molecule has 2 fully saturated rings. The number of unbranched alkanes of at least 4 members (excludes halogenated alkanes) is 2.